The molecule has 2 aromatic heterocycles. The molecule has 0 unspecified atom stereocenters. The summed E-state index contributed by atoms with van der Waals surface area (Å²) in [4.78, 5) is 18.6. The van der Waals surface area contributed by atoms with Gasteiger partial charge >= 0.3 is 0 Å². The lowest BCUT2D eigenvalue weighted by atomic mass is 10.0. The van der Waals surface area contributed by atoms with Crippen LogP contribution in [0.25, 0.3) is 44.2 Å². The summed E-state index contributed by atoms with van der Waals surface area (Å²) >= 11 is 12.3. The molecule has 6 nitrogen and oxygen atoms in total. The summed E-state index contributed by atoms with van der Waals surface area (Å²) in [5.74, 6) is 1.28. The van der Waals surface area contributed by atoms with Crippen molar-refractivity contribution in [2.24, 2.45) is 5.10 Å². The van der Waals surface area contributed by atoms with E-state index in [2.05, 4.69) is 0 Å². The average molecular weight is 590 g/mol. The molecular formula is C34H21Cl2N3O3. The molecule has 8 heteroatoms. The van der Waals surface area contributed by atoms with Crippen LogP contribution in [0.4, 0.5) is 0 Å². The maximum absolute atomic E-state index is 13.8. The van der Waals surface area contributed by atoms with Crippen LogP contribution in [0.1, 0.15) is 11.1 Å². The van der Waals surface area contributed by atoms with Crippen LogP contribution in [0.3, 0.4) is 0 Å². The molecule has 204 valence electrons. The van der Waals surface area contributed by atoms with Crippen molar-refractivity contribution in [1.82, 2.24) is 9.66 Å². The Hall–Kier alpha value is -4.91. The number of aromatic nitrogens is 2. The monoisotopic (exact) mass is 589 g/mol. The first-order chi connectivity index (χ1) is 20.5. The lowest BCUT2D eigenvalue weighted by Crippen LogP contribution is -2.20. The molecule has 0 aliphatic heterocycles. The smallest absolute Gasteiger partial charge is 0.282 e. The van der Waals surface area contributed by atoms with Gasteiger partial charge in [0.15, 0.2) is 5.76 Å². The standard InChI is InChI=1S/C34H21Cl2N3O3/c35-24-12-9-21(10-13-24)20-41-31-15-11-22-5-1-2-6-26(22)28(31)19-37-39-33(38-29-8-4-3-7-27(29)34(39)40)32-18-23-17-25(36)14-16-30(23)42-32/h1-19H,20H2. The fourth-order valence-corrected chi connectivity index (χ4v) is 5.21. The van der Waals surface area contributed by atoms with Gasteiger partial charge < -0.3 is 9.15 Å². The number of benzene rings is 5. The van der Waals surface area contributed by atoms with E-state index in [4.69, 9.17) is 42.4 Å². The predicted octanol–water partition coefficient (Wildman–Crippen LogP) is 8.73. The maximum atomic E-state index is 13.8. The molecular weight excluding hydrogens is 569 g/mol. The minimum Gasteiger partial charge on any atom is -0.488 e. The van der Waals surface area contributed by atoms with Gasteiger partial charge in [-0.15, -0.1) is 0 Å². The SMILES string of the molecule is O=c1c2ccccc2nc(-c2cc3cc(Cl)ccc3o2)n1N=Cc1c(OCc2ccc(Cl)cc2)ccc2ccccc12. The van der Waals surface area contributed by atoms with Gasteiger partial charge in [-0.3, -0.25) is 4.79 Å². The van der Waals surface area contributed by atoms with Crippen molar-refractivity contribution in [3.8, 4) is 17.3 Å². The largest absolute Gasteiger partial charge is 0.488 e. The van der Waals surface area contributed by atoms with Crippen LogP contribution in [-0.4, -0.2) is 15.9 Å². The molecule has 7 rings (SSSR count). The second-order valence-corrected chi connectivity index (χ2v) is 10.6. The van der Waals surface area contributed by atoms with E-state index in [0.717, 1.165) is 27.3 Å². The third-order valence-corrected chi connectivity index (χ3v) is 7.48. The van der Waals surface area contributed by atoms with Crippen LogP contribution in [0.15, 0.2) is 124 Å². The molecule has 0 aliphatic carbocycles. The number of halogens is 2. The molecule has 2 heterocycles. The number of para-hydroxylation sites is 1. The van der Waals surface area contributed by atoms with Crippen LogP contribution >= 0.6 is 23.2 Å². The Labute approximate surface area is 250 Å². The molecule has 42 heavy (non-hydrogen) atoms. The Kier molecular flexibility index (Phi) is 6.70. The fraction of sp³-hybridized carbons (Fsp3) is 0.0294. The molecule has 0 saturated carbocycles. The van der Waals surface area contributed by atoms with Crippen LogP contribution < -0.4 is 10.3 Å². The molecule has 0 bridgehead atoms. The molecule has 0 radical (unpaired) electrons. The summed E-state index contributed by atoms with van der Waals surface area (Å²) in [6.45, 7) is 0.334. The Balaban J connectivity index is 1.38. The Bertz CT molecular complexity index is 2200. The minimum absolute atomic E-state index is 0.270. The van der Waals surface area contributed by atoms with E-state index in [1.807, 2.05) is 72.8 Å². The van der Waals surface area contributed by atoms with Gasteiger partial charge in [0.05, 0.1) is 17.1 Å². The van der Waals surface area contributed by atoms with E-state index in [1.165, 1.54) is 4.68 Å². The van der Waals surface area contributed by atoms with Gasteiger partial charge in [-0.25, -0.2) is 4.98 Å². The van der Waals surface area contributed by atoms with Gasteiger partial charge in [0, 0.05) is 21.0 Å². The molecule has 7 aromatic rings. The van der Waals surface area contributed by atoms with Crippen LogP contribution in [0.5, 0.6) is 5.75 Å². The van der Waals surface area contributed by atoms with E-state index >= 15 is 0 Å². The molecule has 0 atom stereocenters. The summed E-state index contributed by atoms with van der Waals surface area (Å²) in [5, 5.41) is 9.12. The van der Waals surface area contributed by atoms with Crippen LogP contribution in [-0.2, 0) is 6.61 Å². The minimum atomic E-state index is -0.325. The van der Waals surface area contributed by atoms with Crippen molar-refractivity contribution in [2.75, 3.05) is 0 Å². The molecule has 0 fully saturated rings. The maximum Gasteiger partial charge on any atom is 0.282 e. The van der Waals surface area contributed by atoms with E-state index in [1.54, 1.807) is 42.6 Å². The van der Waals surface area contributed by atoms with Crippen molar-refractivity contribution in [3.05, 3.63) is 141 Å². The normalized spacial score (nSPS) is 11.7. The van der Waals surface area contributed by atoms with Gasteiger partial charge in [0.1, 0.15) is 17.9 Å². The number of nitrogens with zero attached hydrogens (tertiary/aromatic N) is 3. The number of ether oxygens (including phenoxy) is 1. The van der Waals surface area contributed by atoms with E-state index in [9.17, 15) is 4.79 Å². The molecule has 5 aromatic carbocycles. The first-order valence-electron chi connectivity index (χ1n) is 13.2. The van der Waals surface area contributed by atoms with E-state index in [-0.39, 0.29) is 11.4 Å². The zero-order valence-corrected chi connectivity index (χ0v) is 23.5. The number of fused-ring (bicyclic) bond motifs is 3. The first-order valence-corrected chi connectivity index (χ1v) is 13.9. The predicted molar refractivity (Wildman–Crippen MR) is 169 cm³/mol. The summed E-state index contributed by atoms with van der Waals surface area (Å²) in [7, 11) is 0. The highest BCUT2D eigenvalue weighted by Gasteiger charge is 2.17. The van der Waals surface area contributed by atoms with Gasteiger partial charge in [0.2, 0.25) is 5.82 Å². The summed E-state index contributed by atoms with van der Waals surface area (Å²) < 4.78 is 13.6. The lowest BCUT2D eigenvalue weighted by molar-refractivity contribution is 0.306. The number of hydrogen-bond acceptors (Lipinski definition) is 5. The Morgan fingerprint density at radius 1 is 0.810 bits per heavy atom. The quantitative estimate of drug-likeness (QED) is 0.182. The van der Waals surface area contributed by atoms with Crippen LogP contribution in [0, 0.1) is 0 Å². The Morgan fingerprint density at radius 3 is 2.43 bits per heavy atom. The molecule has 0 N–H and O–H groups in total. The van der Waals surface area contributed by atoms with E-state index in [0.29, 0.717) is 44.6 Å². The van der Waals surface area contributed by atoms with Gasteiger partial charge in [-0.1, -0.05) is 77.8 Å². The van der Waals surface area contributed by atoms with Crippen LogP contribution in [0.2, 0.25) is 10.0 Å². The highest BCUT2D eigenvalue weighted by Crippen LogP contribution is 2.30. The third-order valence-electron chi connectivity index (χ3n) is 6.99. The van der Waals surface area contributed by atoms with Crippen molar-refractivity contribution < 1.29 is 9.15 Å². The summed E-state index contributed by atoms with van der Waals surface area (Å²) in [6.07, 6.45) is 1.64. The molecule has 0 spiro atoms. The van der Waals surface area contributed by atoms with Gasteiger partial charge in [0.25, 0.3) is 5.56 Å². The van der Waals surface area contributed by atoms with Crippen molar-refractivity contribution in [3.63, 3.8) is 0 Å². The zero-order chi connectivity index (χ0) is 28.6. The van der Waals surface area contributed by atoms with E-state index < -0.39 is 0 Å². The van der Waals surface area contributed by atoms with Gasteiger partial charge in [-0.05, 0) is 70.9 Å². The second-order valence-electron chi connectivity index (χ2n) is 9.72. The molecule has 0 amide bonds. The highest BCUT2D eigenvalue weighted by molar-refractivity contribution is 6.31. The first kappa shape index (κ1) is 26.0. The molecule has 0 saturated heterocycles. The van der Waals surface area contributed by atoms with Crippen molar-refractivity contribution in [1.29, 1.82) is 0 Å². The summed E-state index contributed by atoms with van der Waals surface area (Å²) in [5.41, 5.74) is 2.54. The molecule has 0 aliphatic rings. The lowest BCUT2D eigenvalue weighted by Gasteiger charge is -2.12. The average Bonchev–Trinajstić information content (AvgIpc) is 3.43. The zero-order valence-electron chi connectivity index (χ0n) is 22.0. The fourth-order valence-electron chi connectivity index (χ4n) is 4.91. The summed E-state index contributed by atoms with van der Waals surface area (Å²) in [6, 6.07) is 33.7. The number of rotatable bonds is 6. The van der Waals surface area contributed by atoms with Gasteiger partial charge in [-0.2, -0.15) is 9.78 Å². The number of furan rings is 1. The number of hydrogen-bond donors (Lipinski definition) is 0. The topological polar surface area (TPSA) is 69.6 Å². The second kappa shape index (κ2) is 10.8. The van der Waals surface area contributed by atoms with Crippen molar-refractivity contribution in [2.45, 2.75) is 6.61 Å². The highest BCUT2D eigenvalue weighted by atomic mass is 35.5. The van der Waals surface area contributed by atoms with Crippen molar-refractivity contribution >= 4 is 62.1 Å². The Morgan fingerprint density at radius 2 is 1.57 bits per heavy atom. The third kappa shape index (κ3) is 4.91.